The molecule has 0 saturated heterocycles. The molecule has 1 aliphatic rings. The summed E-state index contributed by atoms with van der Waals surface area (Å²) >= 11 is 0. The van der Waals surface area contributed by atoms with E-state index in [0.717, 1.165) is 57.8 Å². The molecule has 0 bridgehead atoms. The highest BCUT2D eigenvalue weighted by Gasteiger charge is 2.51. The van der Waals surface area contributed by atoms with Gasteiger partial charge in [0.1, 0.15) is 43.2 Å². The first kappa shape index (κ1) is 56.6. The van der Waals surface area contributed by atoms with Crippen LogP contribution in [0.5, 0.6) is 0 Å². The zero-order valence-corrected chi connectivity index (χ0v) is 38.4. The summed E-state index contributed by atoms with van der Waals surface area (Å²) in [5.41, 5.74) is 0. The quantitative estimate of drug-likeness (QED) is 0.0147. The van der Waals surface area contributed by atoms with Crippen molar-refractivity contribution in [2.24, 2.45) is 0 Å². The predicted octanol–water partition coefficient (Wildman–Crippen LogP) is 9.45. The second kappa shape index (κ2) is 37.0. The number of unbranched alkanes of at least 4 members (excludes halogenated alkanes) is 26. The molecule has 13 nitrogen and oxygen atoms in total. The zero-order chi connectivity index (χ0) is 44.3. The van der Waals surface area contributed by atoms with Crippen molar-refractivity contribution in [3.05, 3.63) is 12.2 Å². The monoisotopic (exact) mass is 879 g/mol. The molecule has 1 fully saturated rings. The summed E-state index contributed by atoms with van der Waals surface area (Å²) in [6.45, 7) is 3.30. The number of ether oxygens (including phenoxy) is 2. The van der Waals surface area contributed by atoms with Crippen LogP contribution >= 0.6 is 7.82 Å². The Balaban J connectivity index is 2.43. The maximum Gasteiger partial charge on any atom is 0.472 e. The number of hydrogen-bond acceptors (Lipinski definition) is 12. The molecule has 0 radical (unpaired) electrons. The third-order valence-corrected chi connectivity index (χ3v) is 12.3. The average Bonchev–Trinajstić information content (AvgIpc) is 3.23. The third-order valence-electron chi connectivity index (χ3n) is 11.4. The van der Waals surface area contributed by atoms with Crippen molar-refractivity contribution in [1.82, 2.24) is 0 Å². The zero-order valence-electron chi connectivity index (χ0n) is 37.5. The number of aliphatic hydroxyl groups excluding tert-OH is 5. The Labute approximate surface area is 363 Å². The van der Waals surface area contributed by atoms with Crippen molar-refractivity contribution in [1.29, 1.82) is 0 Å². The van der Waals surface area contributed by atoms with E-state index in [0.29, 0.717) is 12.8 Å². The fourth-order valence-corrected chi connectivity index (χ4v) is 8.43. The number of rotatable bonds is 40. The van der Waals surface area contributed by atoms with E-state index in [1.807, 2.05) is 0 Å². The SMILES string of the molecule is CCCCCCC/C=C/CCCCCCCC(=O)OC[C@H](COP(=O)(O)OC1C(O)C(O)C(O)[C@@H](O)C1O)OC(=O)CCCCCCCCCCCCCCCCCCC. The average molecular weight is 879 g/mol. The molecular formula is C46H87O13P. The smallest absolute Gasteiger partial charge is 0.462 e. The van der Waals surface area contributed by atoms with Crippen LogP contribution < -0.4 is 0 Å². The van der Waals surface area contributed by atoms with Gasteiger partial charge in [-0.1, -0.05) is 174 Å². The molecule has 0 amide bonds. The van der Waals surface area contributed by atoms with Gasteiger partial charge in [0.05, 0.1) is 6.61 Å². The lowest BCUT2D eigenvalue weighted by molar-refractivity contribution is -0.220. The van der Waals surface area contributed by atoms with E-state index in [4.69, 9.17) is 18.5 Å². The van der Waals surface area contributed by atoms with E-state index in [1.54, 1.807) is 0 Å². The molecule has 0 aromatic rings. The summed E-state index contributed by atoms with van der Waals surface area (Å²) in [5, 5.41) is 50.2. The van der Waals surface area contributed by atoms with Crippen molar-refractivity contribution in [3.63, 3.8) is 0 Å². The van der Waals surface area contributed by atoms with Gasteiger partial charge in [0.2, 0.25) is 0 Å². The van der Waals surface area contributed by atoms with E-state index in [1.165, 1.54) is 116 Å². The van der Waals surface area contributed by atoms with Gasteiger partial charge in [0.25, 0.3) is 0 Å². The van der Waals surface area contributed by atoms with Crippen molar-refractivity contribution < 1.29 is 63.1 Å². The molecule has 8 atom stereocenters. The van der Waals surface area contributed by atoms with Crippen LogP contribution in [0.3, 0.4) is 0 Å². The summed E-state index contributed by atoms with van der Waals surface area (Å²) < 4.78 is 33.5. The Morgan fingerprint density at radius 3 is 1.27 bits per heavy atom. The second-order valence-electron chi connectivity index (χ2n) is 17.0. The Morgan fingerprint density at radius 2 is 0.850 bits per heavy atom. The molecule has 14 heteroatoms. The van der Waals surface area contributed by atoms with Crippen LogP contribution in [0.15, 0.2) is 12.2 Å². The summed E-state index contributed by atoms with van der Waals surface area (Å²) in [4.78, 5) is 35.7. The Bertz CT molecular complexity index is 1110. The normalized spacial score (nSPS) is 22.2. The number of aliphatic hydroxyl groups is 5. The molecule has 1 aliphatic carbocycles. The van der Waals surface area contributed by atoms with Crippen LogP contribution in [0.4, 0.5) is 0 Å². The van der Waals surface area contributed by atoms with E-state index < -0.39 is 75.7 Å². The van der Waals surface area contributed by atoms with E-state index in [-0.39, 0.29) is 12.8 Å². The molecule has 0 aliphatic heterocycles. The van der Waals surface area contributed by atoms with Gasteiger partial charge in [-0.15, -0.1) is 0 Å². The summed E-state index contributed by atoms with van der Waals surface area (Å²) in [7, 11) is -5.11. The largest absolute Gasteiger partial charge is 0.472 e. The second-order valence-corrected chi connectivity index (χ2v) is 18.4. The molecule has 0 aromatic carbocycles. The molecule has 1 saturated carbocycles. The van der Waals surface area contributed by atoms with E-state index in [2.05, 4.69) is 26.0 Å². The molecule has 6 unspecified atom stereocenters. The molecule has 354 valence electrons. The topological polar surface area (TPSA) is 210 Å². The number of phosphoric acid groups is 1. The molecule has 0 heterocycles. The van der Waals surface area contributed by atoms with Crippen LogP contribution in [0.1, 0.15) is 213 Å². The number of esters is 2. The fraction of sp³-hybridized carbons (Fsp3) is 0.913. The van der Waals surface area contributed by atoms with Crippen molar-refractivity contribution >= 4 is 19.8 Å². The minimum Gasteiger partial charge on any atom is -0.462 e. The van der Waals surface area contributed by atoms with Crippen LogP contribution in [0, 0.1) is 0 Å². The molecule has 60 heavy (non-hydrogen) atoms. The van der Waals surface area contributed by atoms with Crippen molar-refractivity contribution in [2.75, 3.05) is 13.2 Å². The first-order valence-electron chi connectivity index (χ1n) is 24.0. The first-order valence-corrected chi connectivity index (χ1v) is 25.5. The maximum absolute atomic E-state index is 12.8. The summed E-state index contributed by atoms with van der Waals surface area (Å²) in [5.74, 6) is -1.10. The van der Waals surface area contributed by atoms with Gasteiger partial charge in [-0.05, 0) is 38.5 Å². The first-order chi connectivity index (χ1) is 28.9. The Kier molecular flexibility index (Phi) is 34.9. The van der Waals surface area contributed by atoms with Gasteiger partial charge in [-0.25, -0.2) is 4.57 Å². The van der Waals surface area contributed by atoms with Crippen molar-refractivity contribution in [3.8, 4) is 0 Å². The predicted molar refractivity (Wildman–Crippen MR) is 235 cm³/mol. The number of carbonyl (C=O) groups is 2. The number of hydrogen-bond donors (Lipinski definition) is 6. The highest BCUT2D eigenvalue weighted by molar-refractivity contribution is 7.47. The molecule has 0 aromatic heterocycles. The standard InChI is InChI=1S/C46H87O13P/c1-3-5-7-9-11-13-15-17-19-20-21-23-25-27-29-31-33-35-40(48)58-38(37-57-60(54,55)59-46-44(52)42(50)41(49)43(51)45(46)53)36-56-39(47)34-32-30-28-26-24-22-18-16-14-12-10-8-6-4-2/h16,18,38,41-46,49-53H,3-15,17,19-37H2,1-2H3,(H,54,55)/b18-16+/t38-,41?,42-,43?,44?,45?,46?/m1/s1. The molecular weight excluding hydrogens is 791 g/mol. The van der Waals surface area contributed by atoms with Gasteiger partial charge in [-0.3, -0.25) is 18.6 Å². The third kappa shape index (κ3) is 29.0. The van der Waals surface area contributed by atoms with Crippen LogP contribution in [-0.4, -0.2) is 98.3 Å². The summed E-state index contributed by atoms with van der Waals surface area (Å²) in [6.07, 6.45) is 25.5. The van der Waals surface area contributed by atoms with Crippen LogP contribution in [-0.2, 0) is 32.7 Å². The van der Waals surface area contributed by atoms with Crippen LogP contribution in [0.25, 0.3) is 0 Å². The molecule has 1 rings (SSSR count). The lowest BCUT2D eigenvalue weighted by Gasteiger charge is -2.41. The van der Waals surface area contributed by atoms with E-state index >= 15 is 0 Å². The molecule has 0 spiro atoms. The lowest BCUT2D eigenvalue weighted by Crippen LogP contribution is -2.64. The van der Waals surface area contributed by atoms with Gasteiger partial charge in [0.15, 0.2) is 6.10 Å². The van der Waals surface area contributed by atoms with E-state index in [9.17, 15) is 44.6 Å². The minimum atomic E-state index is -5.11. The fourth-order valence-electron chi connectivity index (χ4n) is 7.46. The van der Waals surface area contributed by atoms with Crippen LogP contribution in [0.2, 0.25) is 0 Å². The number of phosphoric ester groups is 1. The molecule has 6 N–H and O–H groups in total. The van der Waals surface area contributed by atoms with Gasteiger partial charge in [-0.2, -0.15) is 0 Å². The Morgan fingerprint density at radius 1 is 0.500 bits per heavy atom. The number of allylic oxidation sites excluding steroid dienone is 2. The number of carbonyl (C=O) groups excluding carboxylic acids is 2. The van der Waals surface area contributed by atoms with Gasteiger partial charge in [0, 0.05) is 12.8 Å². The highest BCUT2D eigenvalue weighted by Crippen LogP contribution is 2.47. The van der Waals surface area contributed by atoms with Gasteiger partial charge < -0.3 is 39.9 Å². The maximum atomic E-state index is 12.8. The van der Waals surface area contributed by atoms with Gasteiger partial charge >= 0.3 is 19.8 Å². The van der Waals surface area contributed by atoms with Crippen molar-refractivity contribution in [2.45, 2.75) is 256 Å². The highest BCUT2D eigenvalue weighted by atomic mass is 31.2. The summed E-state index contributed by atoms with van der Waals surface area (Å²) in [6, 6.07) is 0. The Hall–Kier alpha value is -1.41. The lowest BCUT2D eigenvalue weighted by atomic mass is 9.85. The minimum absolute atomic E-state index is 0.101.